The number of urea groups is 1. The number of ether oxygens (including phenoxy) is 1. The molecular weight excluding hydrogens is 276 g/mol. The molecule has 1 fully saturated rings. The average molecular weight is 294 g/mol. The minimum atomic E-state index is -0.389. The molecule has 3 amide bonds. The summed E-state index contributed by atoms with van der Waals surface area (Å²) in [5, 5.41) is 5.04. The number of nitrogens with one attached hydrogen (secondary N) is 2. The van der Waals surface area contributed by atoms with Crippen molar-refractivity contribution in [1.29, 1.82) is 0 Å². The fourth-order valence-electron chi connectivity index (χ4n) is 1.64. The van der Waals surface area contributed by atoms with E-state index >= 15 is 0 Å². The molecule has 1 aromatic rings. The predicted molar refractivity (Wildman–Crippen MR) is 78.9 cm³/mol. The van der Waals surface area contributed by atoms with E-state index in [2.05, 4.69) is 10.6 Å². The van der Waals surface area contributed by atoms with E-state index in [-0.39, 0.29) is 23.7 Å². The lowest BCUT2D eigenvalue weighted by Crippen LogP contribution is -2.41. The van der Waals surface area contributed by atoms with Gasteiger partial charge < -0.3 is 10.1 Å². The van der Waals surface area contributed by atoms with Crippen LogP contribution in [0.5, 0.6) is 5.75 Å². The Balaban J connectivity index is 1.66. The van der Waals surface area contributed by atoms with E-state index in [1.165, 1.54) is 11.8 Å². The highest BCUT2D eigenvalue weighted by Gasteiger charge is 2.23. The zero-order valence-electron chi connectivity index (χ0n) is 11.3. The Morgan fingerprint density at radius 3 is 2.90 bits per heavy atom. The highest BCUT2D eigenvalue weighted by molar-refractivity contribution is 7.99. The van der Waals surface area contributed by atoms with E-state index in [1.54, 1.807) is 7.11 Å². The monoisotopic (exact) mass is 294 g/mol. The second-order valence-corrected chi connectivity index (χ2v) is 5.63. The molecule has 0 aromatic heterocycles. The number of thioether (sulfide) groups is 1. The van der Waals surface area contributed by atoms with Gasteiger partial charge in [0.1, 0.15) is 5.75 Å². The smallest absolute Gasteiger partial charge is 0.321 e. The van der Waals surface area contributed by atoms with Gasteiger partial charge in [-0.25, -0.2) is 4.79 Å². The molecule has 1 aromatic carbocycles. The van der Waals surface area contributed by atoms with Crippen molar-refractivity contribution < 1.29 is 14.3 Å². The zero-order valence-corrected chi connectivity index (χ0v) is 12.2. The van der Waals surface area contributed by atoms with Gasteiger partial charge >= 0.3 is 6.03 Å². The molecule has 0 saturated heterocycles. The van der Waals surface area contributed by atoms with Gasteiger partial charge in [-0.3, -0.25) is 10.1 Å². The van der Waals surface area contributed by atoms with Crippen molar-refractivity contribution in [2.24, 2.45) is 0 Å². The van der Waals surface area contributed by atoms with Gasteiger partial charge in [-0.05, 0) is 30.5 Å². The first-order valence-corrected chi connectivity index (χ1v) is 7.64. The van der Waals surface area contributed by atoms with Gasteiger partial charge in [0.05, 0.1) is 12.9 Å². The molecular formula is C14H18N2O3S. The van der Waals surface area contributed by atoms with E-state index in [0.29, 0.717) is 5.75 Å². The molecule has 0 spiro atoms. The Bertz CT molecular complexity index is 489. The number of rotatable bonds is 6. The Hall–Kier alpha value is -1.69. The largest absolute Gasteiger partial charge is 0.497 e. The van der Waals surface area contributed by atoms with Crippen molar-refractivity contribution in [1.82, 2.24) is 10.6 Å². The SMILES string of the molecule is COc1cccc(CSCC(=O)NC(=O)NC2CC2)c1. The van der Waals surface area contributed by atoms with Gasteiger partial charge in [0.15, 0.2) is 0 Å². The normalized spacial score (nSPS) is 13.7. The van der Waals surface area contributed by atoms with Crippen LogP contribution in [0.1, 0.15) is 18.4 Å². The van der Waals surface area contributed by atoms with Gasteiger partial charge in [-0.1, -0.05) is 12.1 Å². The van der Waals surface area contributed by atoms with Crippen LogP contribution >= 0.6 is 11.8 Å². The first kappa shape index (κ1) is 14.7. The number of imide groups is 1. The number of carbonyl (C=O) groups excluding carboxylic acids is 2. The average Bonchev–Trinajstić information content (AvgIpc) is 3.22. The summed E-state index contributed by atoms with van der Waals surface area (Å²) in [6.45, 7) is 0. The van der Waals surface area contributed by atoms with Gasteiger partial charge in [-0.15, -0.1) is 11.8 Å². The van der Waals surface area contributed by atoms with Crippen LogP contribution in [0.2, 0.25) is 0 Å². The second-order valence-electron chi connectivity index (χ2n) is 4.64. The minimum Gasteiger partial charge on any atom is -0.497 e. The van der Waals surface area contributed by atoms with Crippen molar-refractivity contribution in [2.45, 2.75) is 24.6 Å². The highest BCUT2D eigenvalue weighted by atomic mass is 32.2. The molecule has 0 atom stereocenters. The highest BCUT2D eigenvalue weighted by Crippen LogP contribution is 2.18. The lowest BCUT2D eigenvalue weighted by atomic mass is 10.2. The maximum absolute atomic E-state index is 11.6. The summed E-state index contributed by atoms with van der Waals surface area (Å²) in [6, 6.07) is 7.57. The van der Waals surface area contributed by atoms with Crippen LogP contribution in [-0.4, -0.2) is 30.8 Å². The Morgan fingerprint density at radius 1 is 1.40 bits per heavy atom. The number of hydrogen-bond acceptors (Lipinski definition) is 4. The van der Waals surface area contributed by atoms with Crippen LogP contribution in [0, 0.1) is 0 Å². The maximum atomic E-state index is 11.6. The summed E-state index contributed by atoms with van der Waals surface area (Å²) in [6.07, 6.45) is 2.01. The third kappa shape index (κ3) is 5.13. The maximum Gasteiger partial charge on any atom is 0.321 e. The lowest BCUT2D eigenvalue weighted by Gasteiger charge is -2.06. The second kappa shape index (κ2) is 7.19. The van der Waals surface area contributed by atoms with Crippen molar-refractivity contribution in [3.05, 3.63) is 29.8 Å². The van der Waals surface area contributed by atoms with Crippen molar-refractivity contribution in [3.8, 4) is 5.75 Å². The Kier molecular flexibility index (Phi) is 5.29. The summed E-state index contributed by atoms with van der Waals surface area (Å²) in [5.41, 5.74) is 1.09. The first-order chi connectivity index (χ1) is 9.67. The van der Waals surface area contributed by atoms with Crippen LogP contribution in [0.25, 0.3) is 0 Å². The number of methoxy groups -OCH3 is 1. The fourth-order valence-corrected chi connectivity index (χ4v) is 2.41. The van der Waals surface area contributed by atoms with Gasteiger partial charge in [0, 0.05) is 11.8 Å². The number of amides is 3. The molecule has 2 N–H and O–H groups in total. The van der Waals surface area contributed by atoms with Gasteiger partial charge in [0.25, 0.3) is 0 Å². The molecule has 1 aliphatic rings. The zero-order chi connectivity index (χ0) is 14.4. The van der Waals surface area contributed by atoms with Crippen LogP contribution in [0.4, 0.5) is 4.79 Å². The van der Waals surface area contributed by atoms with Crippen LogP contribution in [0.15, 0.2) is 24.3 Å². The standard InChI is InChI=1S/C14H18N2O3S/c1-19-12-4-2-3-10(7-12)8-20-9-13(17)16-14(18)15-11-5-6-11/h2-4,7,11H,5-6,8-9H2,1H3,(H2,15,16,17,18). The quantitative estimate of drug-likeness (QED) is 0.841. The summed E-state index contributed by atoms with van der Waals surface area (Å²) in [7, 11) is 1.62. The summed E-state index contributed by atoms with van der Waals surface area (Å²) in [5.74, 6) is 1.50. The van der Waals surface area contributed by atoms with Crippen LogP contribution in [-0.2, 0) is 10.5 Å². The molecule has 5 nitrogen and oxygen atoms in total. The molecule has 0 aliphatic heterocycles. The Labute approximate surface area is 122 Å². The van der Waals surface area contributed by atoms with Crippen molar-refractivity contribution in [2.75, 3.05) is 12.9 Å². The molecule has 0 unspecified atom stereocenters. The first-order valence-electron chi connectivity index (χ1n) is 6.48. The van der Waals surface area contributed by atoms with E-state index in [0.717, 1.165) is 24.2 Å². The molecule has 108 valence electrons. The van der Waals surface area contributed by atoms with Crippen molar-refractivity contribution in [3.63, 3.8) is 0 Å². The van der Waals surface area contributed by atoms with E-state index < -0.39 is 0 Å². The summed E-state index contributed by atoms with van der Waals surface area (Å²) < 4.78 is 5.14. The van der Waals surface area contributed by atoms with Gasteiger partial charge in [-0.2, -0.15) is 0 Å². The van der Waals surface area contributed by atoms with E-state index in [9.17, 15) is 9.59 Å². The van der Waals surface area contributed by atoms with Crippen LogP contribution < -0.4 is 15.4 Å². The van der Waals surface area contributed by atoms with Crippen LogP contribution in [0.3, 0.4) is 0 Å². The molecule has 2 rings (SSSR count). The third-order valence-electron chi connectivity index (χ3n) is 2.80. The summed E-state index contributed by atoms with van der Waals surface area (Å²) >= 11 is 1.46. The number of carbonyl (C=O) groups is 2. The Morgan fingerprint density at radius 2 is 2.20 bits per heavy atom. The summed E-state index contributed by atoms with van der Waals surface area (Å²) in [4.78, 5) is 22.9. The number of hydrogen-bond donors (Lipinski definition) is 2. The van der Waals surface area contributed by atoms with E-state index in [4.69, 9.17) is 4.74 Å². The molecule has 20 heavy (non-hydrogen) atoms. The van der Waals surface area contributed by atoms with Crippen molar-refractivity contribution >= 4 is 23.7 Å². The fraction of sp³-hybridized carbons (Fsp3) is 0.429. The molecule has 1 saturated carbocycles. The molecule has 0 radical (unpaired) electrons. The molecule has 0 heterocycles. The third-order valence-corrected chi connectivity index (χ3v) is 3.81. The van der Waals surface area contributed by atoms with E-state index in [1.807, 2.05) is 24.3 Å². The topological polar surface area (TPSA) is 67.4 Å². The molecule has 6 heteroatoms. The van der Waals surface area contributed by atoms with Gasteiger partial charge in [0.2, 0.25) is 5.91 Å². The molecule has 1 aliphatic carbocycles. The molecule has 0 bridgehead atoms. The predicted octanol–water partition coefficient (Wildman–Crippen LogP) is 1.92. The lowest BCUT2D eigenvalue weighted by molar-refractivity contribution is -0.117. The number of benzene rings is 1. The minimum absolute atomic E-state index is 0.257.